The SMILES string of the molecule is O=C(O)CCCCC(=O)O.O=C(O)c1cccc(C(=O)O)c1.O=C1C=CC(=O)O1.O=C1OC(=O)c2ccccc21. The molecule has 0 saturated carbocycles. The van der Waals surface area contributed by atoms with Gasteiger partial charge in [0.15, 0.2) is 0 Å². The van der Waals surface area contributed by atoms with Gasteiger partial charge in [-0.1, -0.05) is 18.2 Å². The molecule has 0 aromatic heterocycles. The molecule has 210 valence electrons. The summed E-state index contributed by atoms with van der Waals surface area (Å²) in [5.41, 5.74) is 0.680. The van der Waals surface area contributed by atoms with Crippen molar-refractivity contribution in [2.75, 3.05) is 0 Å². The maximum Gasteiger partial charge on any atom is 0.346 e. The van der Waals surface area contributed by atoms with Gasteiger partial charge in [-0.3, -0.25) is 9.59 Å². The van der Waals surface area contributed by atoms with Gasteiger partial charge in [-0.25, -0.2) is 28.8 Å². The van der Waals surface area contributed by atoms with Crippen LogP contribution in [0.15, 0.2) is 60.7 Å². The second-order valence-electron chi connectivity index (χ2n) is 7.48. The number of carboxylic acids is 4. The zero-order valence-corrected chi connectivity index (χ0v) is 20.5. The molecule has 0 unspecified atom stereocenters. The molecule has 2 aromatic rings. The van der Waals surface area contributed by atoms with E-state index in [0.29, 0.717) is 24.0 Å². The number of unbranched alkanes of at least 4 members (excludes halogenated alkanes) is 1. The number of esters is 4. The van der Waals surface area contributed by atoms with Crippen molar-refractivity contribution in [1.29, 1.82) is 0 Å². The Bertz CT molecular complexity index is 1240. The number of aliphatic carboxylic acids is 2. The predicted octanol–water partition coefficient (Wildman–Crippen LogP) is 2.42. The Morgan fingerprint density at radius 3 is 1.27 bits per heavy atom. The van der Waals surface area contributed by atoms with Crippen molar-refractivity contribution >= 4 is 47.8 Å². The molecule has 0 aliphatic carbocycles. The largest absolute Gasteiger partial charge is 0.481 e. The molecule has 4 rings (SSSR count). The molecule has 0 spiro atoms. The summed E-state index contributed by atoms with van der Waals surface area (Å²) < 4.78 is 8.33. The van der Waals surface area contributed by atoms with E-state index in [2.05, 4.69) is 9.47 Å². The lowest BCUT2D eigenvalue weighted by Crippen LogP contribution is -2.01. The molecule has 0 atom stereocenters. The fourth-order valence-electron chi connectivity index (χ4n) is 2.67. The molecule has 0 amide bonds. The Balaban J connectivity index is 0.000000271. The number of aromatic carboxylic acids is 2. The summed E-state index contributed by atoms with van der Waals surface area (Å²) in [5.74, 6) is -6.25. The summed E-state index contributed by atoms with van der Waals surface area (Å²) in [6, 6.07) is 11.7. The van der Waals surface area contributed by atoms with Gasteiger partial charge >= 0.3 is 47.8 Å². The third kappa shape index (κ3) is 12.1. The van der Waals surface area contributed by atoms with Crippen LogP contribution in [0.25, 0.3) is 0 Å². The van der Waals surface area contributed by atoms with Crippen LogP contribution >= 0.6 is 0 Å². The normalized spacial score (nSPS) is 12.2. The number of carbonyl (C=O) groups excluding carboxylic acids is 4. The van der Waals surface area contributed by atoms with Crippen molar-refractivity contribution in [3.63, 3.8) is 0 Å². The second kappa shape index (κ2) is 16.2. The van der Waals surface area contributed by atoms with Gasteiger partial charge in [-0.15, -0.1) is 0 Å². The zero-order valence-electron chi connectivity index (χ0n) is 20.5. The first kappa shape index (κ1) is 32.4. The van der Waals surface area contributed by atoms with Crippen LogP contribution in [0, 0.1) is 0 Å². The molecular weight excluding hydrogens is 536 g/mol. The third-order valence-electron chi connectivity index (χ3n) is 4.50. The Labute approximate surface area is 225 Å². The monoisotopic (exact) mass is 558 g/mol. The summed E-state index contributed by atoms with van der Waals surface area (Å²) in [6.45, 7) is 0. The van der Waals surface area contributed by atoms with Crippen LogP contribution < -0.4 is 0 Å². The average Bonchev–Trinajstić information content (AvgIpc) is 3.43. The first-order chi connectivity index (χ1) is 18.8. The van der Waals surface area contributed by atoms with E-state index in [0.717, 1.165) is 18.2 Å². The van der Waals surface area contributed by atoms with Crippen molar-refractivity contribution in [1.82, 2.24) is 0 Å². The first-order valence-corrected chi connectivity index (χ1v) is 11.1. The minimum absolute atomic E-state index is 0.0186. The van der Waals surface area contributed by atoms with Crippen molar-refractivity contribution in [2.45, 2.75) is 25.7 Å². The summed E-state index contributed by atoms with van der Waals surface area (Å²) >= 11 is 0. The van der Waals surface area contributed by atoms with Gasteiger partial charge in [0, 0.05) is 25.0 Å². The summed E-state index contributed by atoms with van der Waals surface area (Å²) in [7, 11) is 0. The molecule has 0 saturated heterocycles. The fourth-order valence-corrected chi connectivity index (χ4v) is 2.67. The minimum atomic E-state index is -1.13. The molecule has 2 aromatic carbocycles. The number of fused-ring (bicyclic) bond motifs is 1. The fraction of sp³-hybridized carbons (Fsp3) is 0.154. The van der Waals surface area contributed by atoms with Gasteiger partial charge in [0.25, 0.3) is 0 Å². The Morgan fingerprint density at radius 1 is 0.575 bits per heavy atom. The van der Waals surface area contributed by atoms with Crippen LogP contribution in [-0.2, 0) is 28.7 Å². The number of hydrogen-bond donors (Lipinski definition) is 4. The smallest absolute Gasteiger partial charge is 0.346 e. The van der Waals surface area contributed by atoms with E-state index >= 15 is 0 Å². The predicted molar refractivity (Wildman–Crippen MR) is 131 cm³/mol. The van der Waals surface area contributed by atoms with E-state index in [1.54, 1.807) is 24.3 Å². The highest BCUT2D eigenvalue weighted by Gasteiger charge is 2.28. The lowest BCUT2D eigenvalue weighted by molar-refractivity contribution is -0.150. The van der Waals surface area contributed by atoms with Crippen LogP contribution in [-0.4, -0.2) is 68.2 Å². The Hall–Kier alpha value is -5.66. The third-order valence-corrected chi connectivity index (χ3v) is 4.50. The molecule has 2 aliphatic rings. The highest BCUT2D eigenvalue weighted by molar-refractivity contribution is 6.14. The quantitative estimate of drug-likeness (QED) is 0.217. The number of cyclic esters (lactones) is 4. The summed E-state index contributed by atoms with van der Waals surface area (Å²) in [5, 5.41) is 33.3. The number of carbonyl (C=O) groups is 8. The van der Waals surface area contributed by atoms with Crippen LogP contribution in [0.5, 0.6) is 0 Å². The van der Waals surface area contributed by atoms with E-state index in [4.69, 9.17) is 20.4 Å². The van der Waals surface area contributed by atoms with Gasteiger partial charge in [0.2, 0.25) is 0 Å². The first-order valence-electron chi connectivity index (χ1n) is 11.1. The van der Waals surface area contributed by atoms with Gasteiger partial charge in [0.1, 0.15) is 0 Å². The Morgan fingerprint density at radius 2 is 0.975 bits per heavy atom. The number of rotatable bonds is 7. The maximum atomic E-state index is 10.8. The zero-order chi connectivity index (χ0) is 30.2. The van der Waals surface area contributed by atoms with Gasteiger partial charge in [-0.2, -0.15) is 0 Å². The lowest BCUT2D eigenvalue weighted by Gasteiger charge is -1.95. The number of carboxylic acid groups (broad SMARTS) is 4. The molecule has 40 heavy (non-hydrogen) atoms. The molecule has 0 bridgehead atoms. The van der Waals surface area contributed by atoms with Crippen molar-refractivity contribution in [3.05, 3.63) is 82.9 Å². The van der Waals surface area contributed by atoms with Crippen molar-refractivity contribution in [2.24, 2.45) is 0 Å². The standard InChI is InChI=1S/C8H6O4.C8H4O3.C6H10O4.C4H2O3/c9-7(10)5-2-1-3-6(4-5)8(11)12;9-7-5-3-1-2-4-6(5)8(10)11-7;7-5(8)3-1-2-4-6(9)10;5-3-1-2-4(6)7-3/h1-4H,(H,9,10)(H,11,12);1-4H;1-4H2,(H,7,8)(H,9,10);1-2H. The highest BCUT2D eigenvalue weighted by atomic mass is 16.6. The average molecular weight is 558 g/mol. The highest BCUT2D eigenvalue weighted by Crippen LogP contribution is 2.18. The molecule has 0 radical (unpaired) electrons. The van der Waals surface area contributed by atoms with Crippen LogP contribution in [0.4, 0.5) is 0 Å². The molecule has 2 heterocycles. The number of hydrogen-bond acceptors (Lipinski definition) is 10. The Kier molecular flexibility index (Phi) is 13.1. The summed E-state index contributed by atoms with van der Waals surface area (Å²) in [6.07, 6.45) is 3.19. The molecule has 0 fully saturated rings. The minimum Gasteiger partial charge on any atom is -0.481 e. The van der Waals surface area contributed by atoms with E-state index in [-0.39, 0.29) is 24.0 Å². The van der Waals surface area contributed by atoms with E-state index in [1.807, 2.05) is 0 Å². The molecule has 14 heteroatoms. The van der Waals surface area contributed by atoms with Crippen molar-refractivity contribution in [3.8, 4) is 0 Å². The van der Waals surface area contributed by atoms with Gasteiger partial charge < -0.3 is 29.9 Å². The van der Waals surface area contributed by atoms with Crippen LogP contribution in [0.2, 0.25) is 0 Å². The lowest BCUT2D eigenvalue weighted by atomic mass is 10.1. The van der Waals surface area contributed by atoms with Crippen LogP contribution in [0.1, 0.15) is 67.1 Å². The second-order valence-corrected chi connectivity index (χ2v) is 7.48. The van der Waals surface area contributed by atoms with Crippen molar-refractivity contribution < 1.29 is 68.3 Å². The van der Waals surface area contributed by atoms with Gasteiger partial charge in [0.05, 0.1) is 22.3 Å². The van der Waals surface area contributed by atoms with E-state index in [9.17, 15) is 38.4 Å². The van der Waals surface area contributed by atoms with Crippen LogP contribution in [0.3, 0.4) is 0 Å². The van der Waals surface area contributed by atoms with E-state index < -0.39 is 47.8 Å². The molecule has 2 aliphatic heterocycles. The van der Waals surface area contributed by atoms with Gasteiger partial charge in [-0.05, 0) is 43.2 Å². The maximum absolute atomic E-state index is 10.8. The molecular formula is C26H22O14. The topological polar surface area (TPSA) is 236 Å². The summed E-state index contributed by atoms with van der Waals surface area (Å²) in [4.78, 5) is 82.1. The number of ether oxygens (including phenoxy) is 2. The molecule has 14 nitrogen and oxygen atoms in total. The van der Waals surface area contributed by atoms with E-state index in [1.165, 1.54) is 18.2 Å². The number of benzene rings is 2. The molecule has 4 N–H and O–H groups in total.